The number of allylic oxidation sites excluding steroid dienone is 2. The highest BCUT2D eigenvalue weighted by Crippen LogP contribution is 2.77. The van der Waals surface area contributed by atoms with Crippen molar-refractivity contribution in [2.75, 3.05) is 6.54 Å². The summed E-state index contributed by atoms with van der Waals surface area (Å²) in [7, 11) is 0. The lowest BCUT2D eigenvalue weighted by atomic mass is 9.34. The third kappa shape index (κ3) is 2.93. The average molecular weight is 540 g/mol. The minimum absolute atomic E-state index is 0.0174. The standard InChI is InChI=1S/C31H41NO7/c1-16-9-20-19(21(34)10-16)11-22(35)26-27(20,4)15-31-29(6,28(26,5)13-24(36)39-31)7-8-30-12-17(2)25(37-18(3)33)23(38-30)14-32(30)31/h10,17,19-20,23,25-26H,7-9,11-15H2,1-6H3. The number of hydrogen-bond acceptors (Lipinski definition) is 8. The second-order valence-electron chi connectivity index (χ2n) is 14.7. The number of ether oxygens (including phenoxy) is 3. The van der Waals surface area contributed by atoms with Crippen LogP contribution >= 0.6 is 0 Å². The van der Waals surface area contributed by atoms with Crippen molar-refractivity contribution in [3.05, 3.63) is 11.6 Å². The zero-order valence-electron chi connectivity index (χ0n) is 24.0. The molecule has 4 bridgehead atoms. The Balaban J connectivity index is 1.40. The van der Waals surface area contributed by atoms with Gasteiger partial charge in [0.1, 0.15) is 23.7 Å². The molecule has 11 unspecified atom stereocenters. The lowest BCUT2D eigenvalue weighted by Gasteiger charge is -2.76. The predicted molar refractivity (Wildman–Crippen MR) is 139 cm³/mol. The van der Waals surface area contributed by atoms with Crippen LogP contribution in [0.5, 0.6) is 0 Å². The lowest BCUT2D eigenvalue weighted by Crippen LogP contribution is -2.82. The minimum atomic E-state index is -0.972. The molecule has 0 aromatic carbocycles. The Bertz CT molecular complexity index is 1240. The van der Waals surface area contributed by atoms with Crippen LogP contribution in [0.4, 0.5) is 0 Å². The summed E-state index contributed by atoms with van der Waals surface area (Å²) in [5, 5.41) is 0. The first-order chi connectivity index (χ1) is 18.2. The van der Waals surface area contributed by atoms with E-state index < -0.39 is 27.7 Å². The molecule has 39 heavy (non-hydrogen) atoms. The van der Waals surface area contributed by atoms with Gasteiger partial charge in [-0.05, 0) is 61.3 Å². The van der Waals surface area contributed by atoms with E-state index >= 15 is 0 Å². The van der Waals surface area contributed by atoms with Crippen molar-refractivity contribution in [1.29, 1.82) is 0 Å². The molecule has 0 aromatic rings. The van der Waals surface area contributed by atoms with Crippen LogP contribution in [0.3, 0.4) is 0 Å². The van der Waals surface area contributed by atoms with Gasteiger partial charge >= 0.3 is 11.9 Å². The zero-order chi connectivity index (χ0) is 27.9. The topological polar surface area (TPSA) is 99.2 Å². The van der Waals surface area contributed by atoms with E-state index in [-0.39, 0.29) is 72.2 Å². The third-order valence-corrected chi connectivity index (χ3v) is 12.8. The maximum Gasteiger partial charge on any atom is 0.308 e. The van der Waals surface area contributed by atoms with E-state index in [1.165, 1.54) is 6.92 Å². The van der Waals surface area contributed by atoms with Gasteiger partial charge in [0.05, 0.1) is 6.42 Å². The number of piperidine rings is 1. The van der Waals surface area contributed by atoms with Crippen LogP contribution in [-0.2, 0) is 33.4 Å². The van der Waals surface area contributed by atoms with Gasteiger partial charge in [-0.1, -0.05) is 33.3 Å². The average Bonchev–Trinajstić information content (AvgIpc) is 3.14. The number of esters is 2. The van der Waals surface area contributed by atoms with E-state index in [0.29, 0.717) is 19.4 Å². The summed E-state index contributed by atoms with van der Waals surface area (Å²) < 4.78 is 19.2. The molecule has 0 aromatic heterocycles. The Hall–Kier alpha value is -2.06. The Morgan fingerprint density at radius 1 is 1.13 bits per heavy atom. The Morgan fingerprint density at radius 3 is 2.59 bits per heavy atom. The summed E-state index contributed by atoms with van der Waals surface area (Å²) in [6.45, 7) is 12.7. The van der Waals surface area contributed by atoms with Crippen molar-refractivity contribution in [3.8, 4) is 0 Å². The van der Waals surface area contributed by atoms with Crippen LogP contribution in [0, 0.1) is 39.9 Å². The number of ketones is 2. The lowest BCUT2D eigenvalue weighted by molar-refractivity contribution is -0.380. The van der Waals surface area contributed by atoms with Crippen LogP contribution < -0.4 is 0 Å². The van der Waals surface area contributed by atoms with Gasteiger partial charge in [0.15, 0.2) is 11.5 Å². The van der Waals surface area contributed by atoms with E-state index in [1.54, 1.807) is 6.08 Å². The van der Waals surface area contributed by atoms with Crippen LogP contribution in [0.2, 0.25) is 0 Å². The van der Waals surface area contributed by atoms with E-state index in [4.69, 9.17) is 14.2 Å². The third-order valence-electron chi connectivity index (χ3n) is 12.8. The summed E-state index contributed by atoms with van der Waals surface area (Å²) in [6, 6.07) is 0. The number of carbonyl (C=O) groups is 4. The summed E-state index contributed by atoms with van der Waals surface area (Å²) >= 11 is 0. The van der Waals surface area contributed by atoms with Gasteiger partial charge in [0, 0.05) is 43.6 Å². The molecule has 1 spiro atoms. The quantitative estimate of drug-likeness (QED) is 0.462. The molecule has 0 N–H and O–H groups in total. The van der Waals surface area contributed by atoms with Gasteiger partial charge in [-0.3, -0.25) is 19.2 Å². The number of carbonyl (C=O) groups excluding carboxylic acids is 4. The molecule has 4 aliphatic heterocycles. The highest BCUT2D eigenvalue weighted by atomic mass is 16.6. The molecule has 3 aliphatic carbocycles. The molecule has 7 aliphatic rings. The van der Waals surface area contributed by atoms with Gasteiger partial charge in [-0.2, -0.15) is 0 Å². The van der Waals surface area contributed by atoms with Gasteiger partial charge in [-0.25, -0.2) is 4.90 Å². The summed E-state index contributed by atoms with van der Waals surface area (Å²) in [6.07, 6.45) is 5.04. The first kappa shape index (κ1) is 25.9. The fourth-order valence-corrected chi connectivity index (χ4v) is 11.3. The molecule has 6 fully saturated rings. The van der Waals surface area contributed by atoms with Crippen LogP contribution in [0.15, 0.2) is 11.6 Å². The second-order valence-corrected chi connectivity index (χ2v) is 14.7. The number of hydrogen-bond donors (Lipinski definition) is 0. The van der Waals surface area contributed by atoms with E-state index in [0.717, 1.165) is 24.8 Å². The minimum Gasteiger partial charge on any atom is -0.459 e. The SMILES string of the molecule is CC(=O)OC1C(C)CC23CCC4(C)C5(C)CC(=O)OC4(CC4(C)C6CC(C)=CC(=O)C6CC(=O)C45)N2CC1O3. The molecule has 2 saturated carbocycles. The zero-order valence-corrected chi connectivity index (χ0v) is 24.0. The molecule has 7 rings (SSSR count). The number of fused-ring (bicyclic) bond motifs is 5. The van der Waals surface area contributed by atoms with Crippen molar-refractivity contribution >= 4 is 23.5 Å². The Kier molecular flexibility index (Phi) is 5.05. The molecular formula is C31H41NO7. The second kappa shape index (κ2) is 7.61. The molecule has 11 atom stereocenters. The maximum atomic E-state index is 14.1. The fraction of sp³-hybridized carbons (Fsp3) is 0.806. The molecule has 4 heterocycles. The van der Waals surface area contributed by atoms with Crippen molar-refractivity contribution < 1.29 is 33.4 Å². The molecule has 8 nitrogen and oxygen atoms in total. The fourth-order valence-electron chi connectivity index (χ4n) is 11.3. The number of nitrogens with zero attached hydrogens (tertiary/aromatic N) is 1. The first-order valence-corrected chi connectivity index (χ1v) is 14.8. The number of Topliss-reactive ketones (excluding diaryl/α,β-unsaturated/α-hetero) is 1. The van der Waals surface area contributed by atoms with Crippen LogP contribution in [-0.4, -0.2) is 58.6 Å². The molecule has 0 amide bonds. The summed E-state index contributed by atoms with van der Waals surface area (Å²) in [4.78, 5) is 55.2. The number of rotatable bonds is 1. The normalized spacial score (nSPS) is 54.0. The molecule has 212 valence electrons. The predicted octanol–water partition coefficient (Wildman–Crippen LogP) is 3.96. The van der Waals surface area contributed by atoms with Gasteiger partial charge in [-0.15, -0.1) is 0 Å². The van der Waals surface area contributed by atoms with Gasteiger partial charge < -0.3 is 14.2 Å². The molecular weight excluding hydrogens is 498 g/mol. The highest BCUT2D eigenvalue weighted by molar-refractivity contribution is 5.99. The van der Waals surface area contributed by atoms with Gasteiger partial charge in [0.25, 0.3) is 0 Å². The van der Waals surface area contributed by atoms with Gasteiger partial charge in [0.2, 0.25) is 0 Å². The van der Waals surface area contributed by atoms with E-state index in [2.05, 4.69) is 32.6 Å². The van der Waals surface area contributed by atoms with E-state index in [1.807, 2.05) is 6.92 Å². The van der Waals surface area contributed by atoms with E-state index in [9.17, 15) is 19.2 Å². The molecule has 4 saturated heterocycles. The first-order valence-electron chi connectivity index (χ1n) is 14.8. The van der Waals surface area contributed by atoms with Crippen LogP contribution in [0.25, 0.3) is 0 Å². The summed E-state index contributed by atoms with van der Waals surface area (Å²) in [5.74, 6) is -0.902. The Morgan fingerprint density at radius 2 is 1.87 bits per heavy atom. The van der Waals surface area contributed by atoms with Crippen molar-refractivity contribution in [1.82, 2.24) is 4.90 Å². The molecule has 0 radical (unpaired) electrons. The highest BCUT2D eigenvalue weighted by Gasteiger charge is 2.82. The van der Waals surface area contributed by atoms with Crippen LogP contribution in [0.1, 0.15) is 86.5 Å². The monoisotopic (exact) mass is 539 g/mol. The largest absolute Gasteiger partial charge is 0.459 e. The summed E-state index contributed by atoms with van der Waals surface area (Å²) in [5.41, 5.74) is -2.13. The van der Waals surface area contributed by atoms with Crippen molar-refractivity contribution in [2.24, 2.45) is 39.9 Å². The molecule has 8 heteroatoms. The van der Waals surface area contributed by atoms with Crippen molar-refractivity contribution in [2.45, 2.75) is 110 Å². The smallest absolute Gasteiger partial charge is 0.308 e. The Labute approximate surface area is 230 Å². The van der Waals surface area contributed by atoms with Crippen molar-refractivity contribution in [3.63, 3.8) is 0 Å². The maximum absolute atomic E-state index is 14.1.